The standard InChI is InChI=1S/C21H17ClN2O4/c1-14(27-21(26)19-13-15(22)11-12-23-19)20(25)24-16-7-9-18(10-8-16)28-17-5-3-2-4-6-17/h2-14H,1H3,(H,24,25)/t14-/m1/s1. The van der Waals surface area contributed by atoms with Crippen molar-refractivity contribution in [3.05, 3.63) is 83.6 Å². The third-order valence-corrected chi connectivity index (χ3v) is 3.92. The first-order chi connectivity index (χ1) is 13.5. The minimum Gasteiger partial charge on any atom is -0.457 e. The Bertz CT molecular complexity index is 962. The Morgan fingerprint density at radius 2 is 1.68 bits per heavy atom. The van der Waals surface area contributed by atoms with Crippen LogP contribution in [0.5, 0.6) is 11.5 Å². The van der Waals surface area contributed by atoms with Crippen molar-refractivity contribution in [2.24, 2.45) is 0 Å². The maximum Gasteiger partial charge on any atom is 0.357 e. The average Bonchev–Trinajstić information content (AvgIpc) is 2.70. The van der Waals surface area contributed by atoms with Gasteiger partial charge in [0, 0.05) is 16.9 Å². The van der Waals surface area contributed by atoms with Crippen molar-refractivity contribution >= 4 is 29.2 Å². The van der Waals surface area contributed by atoms with E-state index >= 15 is 0 Å². The zero-order valence-electron chi connectivity index (χ0n) is 15.0. The quantitative estimate of drug-likeness (QED) is 0.610. The van der Waals surface area contributed by atoms with Gasteiger partial charge >= 0.3 is 5.97 Å². The van der Waals surface area contributed by atoms with Crippen LogP contribution in [0.2, 0.25) is 5.02 Å². The largest absolute Gasteiger partial charge is 0.457 e. The van der Waals surface area contributed by atoms with E-state index in [2.05, 4.69) is 10.3 Å². The second-order valence-electron chi connectivity index (χ2n) is 5.84. The van der Waals surface area contributed by atoms with Gasteiger partial charge in [-0.3, -0.25) is 4.79 Å². The van der Waals surface area contributed by atoms with Crippen molar-refractivity contribution in [1.29, 1.82) is 0 Å². The number of rotatable bonds is 6. The molecule has 0 fully saturated rings. The van der Waals surface area contributed by atoms with E-state index in [0.29, 0.717) is 16.5 Å². The van der Waals surface area contributed by atoms with E-state index in [1.807, 2.05) is 30.3 Å². The Morgan fingerprint density at radius 1 is 1.00 bits per heavy atom. The third kappa shape index (κ3) is 5.31. The molecule has 1 amide bonds. The van der Waals surface area contributed by atoms with Gasteiger partial charge < -0.3 is 14.8 Å². The Morgan fingerprint density at radius 3 is 2.36 bits per heavy atom. The molecule has 1 aromatic heterocycles. The summed E-state index contributed by atoms with van der Waals surface area (Å²) < 4.78 is 10.8. The first-order valence-corrected chi connectivity index (χ1v) is 8.85. The number of hydrogen-bond acceptors (Lipinski definition) is 5. The van der Waals surface area contributed by atoms with Gasteiger partial charge in [-0.15, -0.1) is 0 Å². The van der Waals surface area contributed by atoms with Crippen LogP contribution in [0, 0.1) is 0 Å². The van der Waals surface area contributed by atoms with Crippen LogP contribution in [-0.2, 0) is 9.53 Å². The van der Waals surface area contributed by atoms with E-state index in [9.17, 15) is 9.59 Å². The van der Waals surface area contributed by atoms with E-state index in [0.717, 1.165) is 5.75 Å². The maximum atomic E-state index is 12.3. The molecule has 1 N–H and O–H groups in total. The fourth-order valence-corrected chi connectivity index (χ4v) is 2.43. The maximum absolute atomic E-state index is 12.3. The Kier molecular flexibility index (Phi) is 6.24. The molecule has 0 radical (unpaired) electrons. The van der Waals surface area contributed by atoms with Crippen molar-refractivity contribution in [3.63, 3.8) is 0 Å². The van der Waals surface area contributed by atoms with Gasteiger partial charge in [-0.05, 0) is 55.5 Å². The normalized spacial score (nSPS) is 11.4. The summed E-state index contributed by atoms with van der Waals surface area (Å²) in [5.41, 5.74) is 0.587. The predicted octanol–water partition coefficient (Wildman–Crippen LogP) is 4.71. The van der Waals surface area contributed by atoms with Crippen molar-refractivity contribution < 1.29 is 19.1 Å². The second-order valence-corrected chi connectivity index (χ2v) is 6.27. The number of halogens is 1. The number of amides is 1. The lowest BCUT2D eigenvalue weighted by Gasteiger charge is -2.13. The van der Waals surface area contributed by atoms with Gasteiger partial charge in [-0.1, -0.05) is 29.8 Å². The zero-order chi connectivity index (χ0) is 19.9. The van der Waals surface area contributed by atoms with Crippen molar-refractivity contribution in [1.82, 2.24) is 4.98 Å². The molecule has 28 heavy (non-hydrogen) atoms. The molecule has 0 aliphatic carbocycles. The van der Waals surface area contributed by atoms with Gasteiger partial charge in [0.1, 0.15) is 17.2 Å². The summed E-state index contributed by atoms with van der Waals surface area (Å²) in [6.45, 7) is 1.48. The van der Waals surface area contributed by atoms with Crippen LogP contribution < -0.4 is 10.1 Å². The van der Waals surface area contributed by atoms with Crippen molar-refractivity contribution in [2.75, 3.05) is 5.32 Å². The molecule has 3 rings (SSSR count). The monoisotopic (exact) mass is 396 g/mol. The molecule has 0 spiro atoms. The van der Waals surface area contributed by atoms with E-state index < -0.39 is 18.0 Å². The van der Waals surface area contributed by atoms with Crippen LogP contribution in [-0.4, -0.2) is 23.0 Å². The molecule has 0 aliphatic heterocycles. The molecular formula is C21H17ClN2O4. The van der Waals surface area contributed by atoms with E-state index in [4.69, 9.17) is 21.1 Å². The van der Waals surface area contributed by atoms with E-state index in [1.54, 1.807) is 30.3 Å². The lowest BCUT2D eigenvalue weighted by molar-refractivity contribution is -0.123. The fraction of sp³-hybridized carbons (Fsp3) is 0.0952. The first-order valence-electron chi connectivity index (χ1n) is 8.47. The number of aromatic nitrogens is 1. The molecule has 1 heterocycles. The van der Waals surface area contributed by atoms with Gasteiger partial charge in [0.25, 0.3) is 5.91 Å². The minimum atomic E-state index is -1.01. The summed E-state index contributed by atoms with van der Waals surface area (Å²) in [7, 11) is 0. The SMILES string of the molecule is C[C@@H](OC(=O)c1cc(Cl)ccn1)C(=O)Nc1ccc(Oc2ccccc2)cc1. The van der Waals surface area contributed by atoms with Gasteiger partial charge in [-0.2, -0.15) is 0 Å². The van der Waals surface area contributed by atoms with Crippen molar-refractivity contribution in [3.8, 4) is 11.5 Å². The van der Waals surface area contributed by atoms with Gasteiger partial charge in [0.2, 0.25) is 0 Å². The highest BCUT2D eigenvalue weighted by Crippen LogP contribution is 2.22. The molecule has 7 heteroatoms. The predicted molar refractivity (Wildman–Crippen MR) is 106 cm³/mol. The Hall–Kier alpha value is -3.38. The minimum absolute atomic E-state index is 0.0366. The van der Waals surface area contributed by atoms with Gasteiger partial charge in [0.05, 0.1) is 0 Å². The lowest BCUT2D eigenvalue weighted by atomic mass is 10.2. The van der Waals surface area contributed by atoms with E-state index in [1.165, 1.54) is 19.2 Å². The van der Waals surface area contributed by atoms with Crippen molar-refractivity contribution in [2.45, 2.75) is 13.0 Å². The molecule has 0 saturated heterocycles. The second kappa shape index (κ2) is 9.01. The number of nitrogens with zero attached hydrogens (tertiary/aromatic N) is 1. The highest BCUT2D eigenvalue weighted by atomic mass is 35.5. The zero-order valence-corrected chi connectivity index (χ0v) is 15.7. The summed E-state index contributed by atoms with van der Waals surface area (Å²) >= 11 is 5.82. The number of benzene rings is 2. The number of pyridine rings is 1. The lowest BCUT2D eigenvalue weighted by Crippen LogP contribution is -2.30. The molecule has 3 aromatic rings. The third-order valence-electron chi connectivity index (χ3n) is 3.68. The number of ether oxygens (including phenoxy) is 2. The summed E-state index contributed by atoms with van der Waals surface area (Å²) in [6, 6.07) is 19.1. The van der Waals surface area contributed by atoms with Crippen LogP contribution >= 0.6 is 11.6 Å². The summed E-state index contributed by atoms with van der Waals surface area (Å²) in [4.78, 5) is 28.2. The fourth-order valence-electron chi connectivity index (χ4n) is 2.27. The molecule has 1 atom stereocenters. The Labute approximate surface area is 167 Å². The molecule has 0 aliphatic rings. The van der Waals surface area contributed by atoms with Crippen LogP contribution in [0.25, 0.3) is 0 Å². The highest BCUT2D eigenvalue weighted by molar-refractivity contribution is 6.30. The van der Waals surface area contributed by atoms with E-state index in [-0.39, 0.29) is 5.69 Å². The molecular weight excluding hydrogens is 380 g/mol. The molecule has 6 nitrogen and oxygen atoms in total. The number of hydrogen-bond donors (Lipinski definition) is 1. The number of esters is 1. The molecule has 0 unspecified atom stereocenters. The average molecular weight is 397 g/mol. The number of para-hydroxylation sites is 1. The van der Waals surface area contributed by atoms with Crippen LogP contribution in [0.3, 0.4) is 0 Å². The Balaban J connectivity index is 1.55. The first kappa shape index (κ1) is 19.4. The smallest absolute Gasteiger partial charge is 0.357 e. The number of carbonyl (C=O) groups excluding carboxylic acids is 2. The summed E-state index contributed by atoms with van der Waals surface area (Å²) in [5, 5.41) is 3.04. The van der Waals surface area contributed by atoms with Gasteiger partial charge in [-0.25, -0.2) is 9.78 Å². The summed E-state index contributed by atoms with van der Waals surface area (Å²) in [5.74, 6) is 0.161. The highest BCUT2D eigenvalue weighted by Gasteiger charge is 2.20. The number of nitrogens with one attached hydrogen (secondary N) is 1. The number of carbonyl (C=O) groups is 2. The molecule has 142 valence electrons. The molecule has 2 aromatic carbocycles. The van der Waals surface area contributed by atoms with Crippen LogP contribution in [0.4, 0.5) is 5.69 Å². The topological polar surface area (TPSA) is 77.5 Å². The van der Waals surface area contributed by atoms with Gasteiger partial charge in [0.15, 0.2) is 6.10 Å². The van der Waals surface area contributed by atoms with Crippen LogP contribution in [0.1, 0.15) is 17.4 Å². The molecule has 0 bridgehead atoms. The number of anilines is 1. The summed E-state index contributed by atoms with van der Waals surface area (Å²) in [6.07, 6.45) is 0.386. The molecule has 0 saturated carbocycles. The van der Waals surface area contributed by atoms with Crippen LogP contribution in [0.15, 0.2) is 72.9 Å².